The number of para-hydroxylation sites is 2. The van der Waals surface area contributed by atoms with Crippen molar-refractivity contribution in [3.05, 3.63) is 53.1 Å². The number of carbonyl (C=O) groups is 1. The number of methoxy groups -OCH3 is 1. The molecule has 1 aliphatic rings. The summed E-state index contributed by atoms with van der Waals surface area (Å²) in [7, 11) is 1.70. The molecule has 0 spiro atoms. The summed E-state index contributed by atoms with van der Waals surface area (Å²) in [5, 5.41) is 3.15. The molecule has 0 aromatic heterocycles. The molecule has 1 N–H and O–H groups in total. The number of aryl methyl sites for hydroxylation is 3. The topological polar surface area (TPSA) is 44.8 Å². The summed E-state index contributed by atoms with van der Waals surface area (Å²) in [6.45, 7) is 11.6. The summed E-state index contributed by atoms with van der Waals surface area (Å²) in [4.78, 5) is 17.4. The Morgan fingerprint density at radius 1 is 1.04 bits per heavy atom. The number of nitrogens with zero attached hydrogens (tertiary/aromatic N) is 2. The van der Waals surface area contributed by atoms with Gasteiger partial charge < -0.3 is 15.0 Å². The van der Waals surface area contributed by atoms with Gasteiger partial charge in [0.2, 0.25) is 5.91 Å². The third-order valence-corrected chi connectivity index (χ3v) is 5.59. The molecular weight excluding hydrogens is 350 g/mol. The van der Waals surface area contributed by atoms with Gasteiger partial charge in [0.05, 0.1) is 18.8 Å². The number of rotatable bonds is 5. The van der Waals surface area contributed by atoms with Gasteiger partial charge in [-0.15, -0.1) is 0 Å². The lowest BCUT2D eigenvalue weighted by Crippen LogP contribution is -2.53. The molecule has 2 aromatic carbocycles. The van der Waals surface area contributed by atoms with Crippen molar-refractivity contribution in [3.8, 4) is 5.75 Å². The lowest BCUT2D eigenvalue weighted by atomic mass is 10.0. The van der Waals surface area contributed by atoms with Crippen LogP contribution in [0, 0.1) is 20.8 Å². The van der Waals surface area contributed by atoms with Crippen LogP contribution >= 0.6 is 0 Å². The van der Waals surface area contributed by atoms with E-state index in [2.05, 4.69) is 40.2 Å². The molecule has 5 heteroatoms. The third-order valence-electron chi connectivity index (χ3n) is 5.59. The molecular formula is C23H31N3O2. The van der Waals surface area contributed by atoms with Crippen LogP contribution in [0.1, 0.15) is 23.6 Å². The largest absolute Gasteiger partial charge is 0.495 e. The summed E-state index contributed by atoms with van der Waals surface area (Å²) in [5.74, 6) is 0.952. The van der Waals surface area contributed by atoms with Crippen molar-refractivity contribution in [3.63, 3.8) is 0 Å². The summed E-state index contributed by atoms with van der Waals surface area (Å²) >= 11 is 0. The van der Waals surface area contributed by atoms with E-state index in [9.17, 15) is 4.79 Å². The summed E-state index contributed by atoms with van der Waals surface area (Å²) in [5.41, 5.74) is 5.49. The van der Waals surface area contributed by atoms with E-state index in [-0.39, 0.29) is 11.9 Å². The first-order chi connectivity index (χ1) is 13.4. The molecule has 28 heavy (non-hydrogen) atoms. The van der Waals surface area contributed by atoms with Gasteiger partial charge in [0, 0.05) is 31.9 Å². The summed E-state index contributed by atoms with van der Waals surface area (Å²) in [6.07, 6.45) is 0. The van der Waals surface area contributed by atoms with Gasteiger partial charge in [-0.1, -0.05) is 29.8 Å². The van der Waals surface area contributed by atoms with E-state index in [1.165, 1.54) is 5.56 Å². The average molecular weight is 382 g/mol. The Kier molecular flexibility index (Phi) is 6.25. The van der Waals surface area contributed by atoms with Gasteiger partial charge in [-0.3, -0.25) is 9.69 Å². The van der Waals surface area contributed by atoms with Crippen LogP contribution in [0.25, 0.3) is 0 Å². The quantitative estimate of drug-likeness (QED) is 0.856. The minimum absolute atomic E-state index is 0.0563. The van der Waals surface area contributed by atoms with Crippen LogP contribution in [0.2, 0.25) is 0 Å². The number of nitrogens with one attached hydrogen (secondary N) is 1. The summed E-state index contributed by atoms with van der Waals surface area (Å²) in [6, 6.07) is 12.2. The molecule has 0 bridgehead atoms. The van der Waals surface area contributed by atoms with E-state index >= 15 is 0 Å². The van der Waals surface area contributed by atoms with Gasteiger partial charge in [0.15, 0.2) is 0 Å². The number of ether oxygens (including phenoxy) is 1. The number of hydrogen-bond acceptors (Lipinski definition) is 4. The Morgan fingerprint density at radius 3 is 2.25 bits per heavy atom. The Bertz CT molecular complexity index is 818. The van der Waals surface area contributed by atoms with Gasteiger partial charge in [-0.2, -0.15) is 0 Å². The second kappa shape index (κ2) is 8.65. The van der Waals surface area contributed by atoms with E-state index < -0.39 is 0 Å². The molecule has 3 rings (SSSR count). The number of anilines is 2. The van der Waals surface area contributed by atoms with E-state index in [0.29, 0.717) is 0 Å². The van der Waals surface area contributed by atoms with Crippen LogP contribution in [0.15, 0.2) is 36.4 Å². The second-order valence-electron chi connectivity index (χ2n) is 7.63. The zero-order valence-electron chi connectivity index (χ0n) is 17.6. The van der Waals surface area contributed by atoms with E-state index in [4.69, 9.17) is 4.74 Å². The van der Waals surface area contributed by atoms with Gasteiger partial charge in [0.1, 0.15) is 5.75 Å². The monoisotopic (exact) mass is 381 g/mol. The average Bonchev–Trinajstić information content (AvgIpc) is 2.70. The van der Waals surface area contributed by atoms with Crippen molar-refractivity contribution in [1.29, 1.82) is 0 Å². The van der Waals surface area contributed by atoms with Crippen LogP contribution in [-0.2, 0) is 4.79 Å². The smallest absolute Gasteiger partial charge is 0.241 e. The van der Waals surface area contributed by atoms with Crippen LogP contribution in [0.3, 0.4) is 0 Å². The standard InChI is InChI=1S/C23H31N3O2/c1-16-14-17(2)22(18(3)15-16)24-23(27)19(4)25-10-12-26(13-11-25)20-8-6-7-9-21(20)28-5/h6-9,14-15,19H,10-13H2,1-5H3,(H,24,27)/t19-/m0/s1. The molecule has 1 heterocycles. The molecule has 0 radical (unpaired) electrons. The highest BCUT2D eigenvalue weighted by atomic mass is 16.5. The molecule has 0 saturated carbocycles. The fourth-order valence-electron chi connectivity index (χ4n) is 4.01. The van der Waals surface area contributed by atoms with Crippen LogP contribution < -0.4 is 15.0 Å². The van der Waals surface area contributed by atoms with Gasteiger partial charge in [-0.05, 0) is 51.0 Å². The van der Waals surface area contributed by atoms with Crippen molar-refractivity contribution in [2.75, 3.05) is 43.5 Å². The zero-order chi connectivity index (χ0) is 20.3. The van der Waals surface area contributed by atoms with Crippen molar-refractivity contribution >= 4 is 17.3 Å². The molecule has 0 unspecified atom stereocenters. The van der Waals surface area contributed by atoms with Crippen LogP contribution in [0.5, 0.6) is 5.75 Å². The Labute approximate surface area is 168 Å². The van der Waals surface area contributed by atoms with Crippen LogP contribution in [-0.4, -0.2) is 50.1 Å². The maximum absolute atomic E-state index is 12.9. The molecule has 1 aliphatic heterocycles. The number of benzene rings is 2. The number of hydrogen-bond donors (Lipinski definition) is 1. The summed E-state index contributed by atoms with van der Waals surface area (Å²) < 4.78 is 5.49. The van der Waals surface area contributed by atoms with E-state index in [1.54, 1.807) is 7.11 Å². The third kappa shape index (κ3) is 4.30. The van der Waals surface area contributed by atoms with Gasteiger partial charge >= 0.3 is 0 Å². The Morgan fingerprint density at radius 2 is 1.64 bits per heavy atom. The predicted octanol–water partition coefficient (Wildman–Crippen LogP) is 3.77. The maximum atomic E-state index is 12.9. The second-order valence-corrected chi connectivity index (χ2v) is 7.63. The minimum atomic E-state index is -0.167. The van der Waals surface area contributed by atoms with E-state index in [1.807, 2.05) is 39.0 Å². The highest BCUT2D eigenvalue weighted by Gasteiger charge is 2.27. The van der Waals surface area contributed by atoms with Gasteiger partial charge in [-0.25, -0.2) is 0 Å². The highest BCUT2D eigenvalue weighted by Crippen LogP contribution is 2.29. The number of amides is 1. The SMILES string of the molecule is COc1ccccc1N1CCN([C@@H](C)C(=O)Nc2c(C)cc(C)cc2C)CC1. The fourth-order valence-corrected chi connectivity index (χ4v) is 4.01. The first kappa shape index (κ1) is 20.2. The zero-order valence-corrected chi connectivity index (χ0v) is 17.6. The molecule has 1 atom stereocenters. The van der Waals surface area contributed by atoms with Crippen molar-refractivity contribution < 1.29 is 9.53 Å². The first-order valence-corrected chi connectivity index (χ1v) is 9.91. The number of carbonyl (C=O) groups excluding carboxylic acids is 1. The number of piperazine rings is 1. The first-order valence-electron chi connectivity index (χ1n) is 9.91. The molecule has 150 valence electrons. The van der Waals surface area contributed by atoms with Crippen molar-refractivity contribution in [1.82, 2.24) is 4.90 Å². The molecule has 1 fully saturated rings. The van der Waals surface area contributed by atoms with Crippen LogP contribution in [0.4, 0.5) is 11.4 Å². The van der Waals surface area contributed by atoms with Crippen molar-refractivity contribution in [2.24, 2.45) is 0 Å². The molecule has 0 aliphatic carbocycles. The molecule has 1 saturated heterocycles. The van der Waals surface area contributed by atoms with E-state index in [0.717, 1.165) is 54.4 Å². The fraction of sp³-hybridized carbons (Fsp3) is 0.435. The van der Waals surface area contributed by atoms with Gasteiger partial charge in [0.25, 0.3) is 0 Å². The van der Waals surface area contributed by atoms with Crippen molar-refractivity contribution in [2.45, 2.75) is 33.7 Å². The molecule has 2 aromatic rings. The molecule has 5 nitrogen and oxygen atoms in total. The lowest BCUT2D eigenvalue weighted by molar-refractivity contribution is -0.120. The lowest BCUT2D eigenvalue weighted by Gasteiger charge is -2.39. The predicted molar refractivity (Wildman–Crippen MR) is 116 cm³/mol. The highest BCUT2D eigenvalue weighted by molar-refractivity contribution is 5.96. The Hall–Kier alpha value is -2.53. The maximum Gasteiger partial charge on any atom is 0.241 e. The minimum Gasteiger partial charge on any atom is -0.495 e. The molecule has 1 amide bonds. The Balaban J connectivity index is 1.62. The normalized spacial score (nSPS) is 16.0.